The molecule has 0 atom stereocenters. The molecule has 0 spiro atoms. The summed E-state index contributed by atoms with van der Waals surface area (Å²) >= 11 is 6.48. The Hall–Kier alpha value is -5.03. The van der Waals surface area contributed by atoms with Crippen molar-refractivity contribution >= 4 is 52.8 Å². The lowest BCUT2D eigenvalue weighted by Gasteiger charge is -2.27. The topological polar surface area (TPSA) is 132 Å². The lowest BCUT2D eigenvalue weighted by molar-refractivity contribution is -0.122. The average molecular weight is 622 g/mol. The minimum atomic E-state index is -0.917. The van der Waals surface area contributed by atoms with E-state index in [1.807, 2.05) is 32.9 Å². The quantitative estimate of drug-likeness (QED) is 0.213. The van der Waals surface area contributed by atoms with Gasteiger partial charge in [-0.25, -0.2) is 9.69 Å². The van der Waals surface area contributed by atoms with Gasteiger partial charge in [0, 0.05) is 11.8 Å². The molecule has 12 heteroatoms. The molecule has 1 saturated heterocycles. The molecule has 5 amide bonds. The summed E-state index contributed by atoms with van der Waals surface area (Å²) < 4.78 is 22.1. The second-order valence-electron chi connectivity index (χ2n) is 9.81. The smallest absolute Gasteiger partial charge is 0.335 e. The van der Waals surface area contributed by atoms with Crippen LogP contribution < -0.4 is 34.5 Å². The summed E-state index contributed by atoms with van der Waals surface area (Å²) in [7, 11) is 2.82. The maximum atomic E-state index is 13.5. The summed E-state index contributed by atoms with van der Waals surface area (Å²) in [6.07, 6.45) is 2.05. The van der Waals surface area contributed by atoms with Crippen LogP contribution in [0.5, 0.6) is 23.0 Å². The highest BCUT2D eigenvalue weighted by Gasteiger charge is 2.37. The van der Waals surface area contributed by atoms with Crippen LogP contribution in [0.3, 0.4) is 0 Å². The first kappa shape index (κ1) is 31.9. The number of benzene rings is 3. The number of amides is 5. The van der Waals surface area contributed by atoms with Crippen LogP contribution >= 0.6 is 11.6 Å². The first-order valence-electron chi connectivity index (χ1n) is 13.7. The summed E-state index contributed by atoms with van der Waals surface area (Å²) in [5.74, 6) is -1.14. The highest BCUT2D eigenvalue weighted by Crippen LogP contribution is 2.38. The van der Waals surface area contributed by atoms with Crippen LogP contribution in [0, 0.1) is 13.8 Å². The number of rotatable bonds is 11. The maximum Gasteiger partial charge on any atom is 0.335 e. The zero-order valence-electron chi connectivity index (χ0n) is 24.9. The van der Waals surface area contributed by atoms with Crippen LogP contribution in [0.2, 0.25) is 5.02 Å². The molecule has 0 bridgehead atoms. The Bertz CT molecular complexity index is 1650. The summed E-state index contributed by atoms with van der Waals surface area (Å²) in [5, 5.41) is 5.02. The maximum absolute atomic E-state index is 13.5. The molecule has 3 aromatic rings. The number of imide groups is 2. The molecular formula is C32H32ClN3O8. The molecule has 0 radical (unpaired) electrons. The van der Waals surface area contributed by atoms with Gasteiger partial charge < -0.3 is 24.3 Å². The first-order valence-corrected chi connectivity index (χ1v) is 14.0. The third-order valence-corrected chi connectivity index (χ3v) is 6.95. The van der Waals surface area contributed by atoms with Gasteiger partial charge in [-0.1, -0.05) is 24.6 Å². The van der Waals surface area contributed by atoms with E-state index in [0.29, 0.717) is 29.4 Å². The zero-order chi connectivity index (χ0) is 32.0. The van der Waals surface area contributed by atoms with Gasteiger partial charge >= 0.3 is 6.03 Å². The molecule has 0 saturated carbocycles. The van der Waals surface area contributed by atoms with Gasteiger partial charge in [0.05, 0.1) is 31.5 Å². The van der Waals surface area contributed by atoms with Crippen molar-refractivity contribution < 1.29 is 38.1 Å². The predicted molar refractivity (Wildman–Crippen MR) is 166 cm³/mol. The molecule has 0 aromatic heterocycles. The van der Waals surface area contributed by atoms with E-state index in [1.54, 1.807) is 12.1 Å². The molecule has 0 unspecified atom stereocenters. The number of aryl methyl sites for hydroxylation is 2. The van der Waals surface area contributed by atoms with E-state index in [4.69, 9.17) is 30.5 Å². The number of urea groups is 1. The summed E-state index contributed by atoms with van der Waals surface area (Å²) in [6, 6.07) is 12.1. The fourth-order valence-electron chi connectivity index (χ4n) is 4.30. The second kappa shape index (κ2) is 14.0. The van der Waals surface area contributed by atoms with Gasteiger partial charge in [-0.2, -0.15) is 0 Å². The van der Waals surface area contributed by atoms with Gasteiger partial charge in [0.2, 0.25) is 0 Å². The Morgan fingerprint density at radius 3 is 2.36 bits per heavy atom. The van der Waals surface area contributed by atoms with Crippen molar-refractivity contribution in [3.63, 3.8) is 0 Å². The van der Waals surface area contributed by atoms with Crippen LogP contribution in [0.15, 0.2) is 54.1 Å². The third-order valence-electron chi connectivity index (χ3n) is 6.67. The van der Waals surface area contributed by atoms with E-state index < -0.39 is 23.8 Å². The molecule has 4 rings (SSSR count). The number of nitrogens with one attached hydrogen (secondary N) is 2. The minimum Gasteiger partial charge on any atom is -0.493 e. The largest absolute Gasteiger partial charge is 0.493 e. The number of carbonyl (C=O) groups excluding carboxylic acids is 4. The predicted octanol–water partition coefficient (Wildman–Crippen LogP) is 5.45. The van der Waals surface area contributed by atoms with E-state index in [2.05, 4.69) is 10.6 Å². The van der Waals surface area contributed by atoms with Crippen molar-refractivity contribution in [3.8, 4) is 23.0 Å². The van der Waals surface area contributed by atoms with Gasteiger partial charge in [0.25, 0.3) is 17.7 Å². The molecule has 1 aliphatic rings. The van der Waals surface area contributed by atoms with Crippen molar-refractivity contribution in [2.45, 2.75) is 27.2 Å². The number of hydrogen-bond acceptors (Lipinski definition) is 8. The zero-order valence-corrected chi connectivity index (χ0v) is 25.7. The summed E-state index contributed by atoms with van der Waals surface area (Å²) in [6.45, 7) is 5.98. The number of methoxy groups -OCH3 is 2. The SMILES string of the molecule is CCCOc1ccc(N2C(=O)NC(=O)/C(=C/c3cc(Cl)c(OCC(=O)Nc4ccc(C)c(C)c4)c(OC)c3)C2=O)cc1OC. The monoisotopic (exact) mass is 621 g/mol. The number of carbonyl (C=O) groups is 4. The van der Waals surface area contributed by atoms with Crippen LogP contribution in [0.1, 0.15) is 30.0 Å². The normalized spacial score (nSPS) is 13.9. The van der Waals surface area contributed by atoms with Crippen LogP contribution in [-0.4, -0.2) is 51.2 Å². The van der Waals surface area contributed by atoms with Gasteiger partial charge in [-0.05, 0) is 79.4 Å². The van der Waals surface area contributed by atoms with Crippen LogP contribution in [-0.2, 0) is 14.4 Å². The summed E-state index contributed by atoms with van der Waals surface area (Å²) in [4.78, 5) is 52.3. The molecule has 1 heterocycles. The molecule has 1 aliphatic heterocycles. The molecule has 44 heavy (non-hydrogen) atoms. The molecular weight excluding hydrogens is 590 g/mol. The summed E-state index contributed by atoms with van der Waals surface area (Å²) in [5.41, 5.74) is 2.92. The minimum absolute atomic E-state index is 0.0687. The van der Waals surface area contributed by atoms with Gasteiger partial charge in [-0.3, -0.25) is 19.7 Å². The first-order chi connectivity index (χ1) is 21.1. The van der Waals surface area contributed by atoms with E-state index in [-0.39, 0.29) is 34.4 Å². The Labute approximate surface area is 259 Å². The van der Waals surface area contributed by atoms with E-state index in [1.165, 1.54) is 44.6 Å². The number of anilines is 2. The molecule has 2 N–H and O–H groups in total. The van der Waals surface area contributed by atoms with Crippen molar-refractivity contribution in [2.24, 2.45) is 0 Å². The number of halogens is 1. The fourth-order valence-corrected chi connectivity index (χ4v) is 4.58. The lowest BCUT2D eigenvalue weighted by atomic mass is 10.1. The molecule has 11 nitrogen and oxygen atoms in total. The molecule has 0 aliphatic carbocycles. The van der Waals surface area contributed by atoms with E-state index in [9.17, 15) is 19.2 Å². The third kappa shape index (κ3) is 7.12. The highest BCUT2D eigenvalue weighted by atomic mass is 35.5. The van der Waals surface area contributed by atoms with Gasteiger partial charge in [0.1, 0.15) is 5.57 Å². The standard InChI is InChI=1S/C32H32ClN3O8/c1-6-11-43-25-10-9-22(16-26(25)41-4)36-31(39)23(30(38)35-32(36)40)13-20-14-24(33)29(27(15-20)42-5)44-17-28(37)34-21-8-7-18(2)19(3)12-21/h7-10,12-16H,6,11,17H2,1-5H3,(H,34,37)(H,35,38,40)/b23-13-. The van der Waals surface area contributed by atoms with Crippen molar-refractivity contribution in [1.29, 1.82) is 0 Å². The Balaban J connectivity index is 1.56. The van der Waals surface area contributed by atoms with E-state index >= 15 is 0 Å². The van der Waals surface area contributed by atoms with Gasteiger partial charge in [0.15, 0.2) is 29.6 Å². The number of hydrogen-bond donors (Lipinski definition) is 2. The second-order valence-corrected chi connectivity index (χ2v) is 10.2. The number of ether oxygens (including phenoxy) is 4. The average Bonchev–Trinajstić information content (AvgIpc) is 2.99. The molecule has 3 aromatic carbocycles. The lowest BCUT2D eigenvalue weighted by Crippen LogP contribution is -2.54. The Kier molecular flexibility index (Phi) is 10.1. The molecule has 230 valence electrons. The van der Waals surface area contributed by atoms with Crippen molar-refractivity contribution in [2.75, 3.05) is 37.7 Å². The Morgan fingerprint density at radius 2 is 1.68 bits per heavy atom. The number of barbiturate groups is 1. The van der Waals surface area contributed by atoms with Crippen molar-refractivity contribution in [3.05, 3.63) is 75.8 Å². The van der Waals surface area contributed by atoms with Crippen LogP contribution in [0.25, 0.3) is 6.08 Å². The number of nitrogens with zero attached hydrogens (tertiary/aromatic N) is 1. The molecule has 1 fully saturated rings. The van der Waals surface area contributed by atoms with Crippen molar-refractivity contribution in [1.82, 2.24) is 5.32 Å². The fraction of sp³-hybridized carbons (Fsp3) is 0.250. The van der Waals surface area contributed by atoms with Gasteiger partial charge in [-0.15, -0.1) is 0 Å². The van der Waals surface area contributed by atoms with Crippen LogP contribution in [0.4, 0.5) is 16.2 Å². The van der Waals surface area contributed by atoms with E-state index in [0.717, 1.165) is 22.4 Å². The highest BCUT2D eigenvalue weighted by molar-refractivity contribution is 6.39. The Morgan fingerprint density at radius 1 is 0.932 bits per heavy atom.